The normalized spacial score (nSPS) is 10.1. The van der Waals surface area contributed by atoms with Crippen LogP contribution in [0.3, 0.4) is 0 Å². The summed E-state index contributed by atoms with van der Waals surface area (Å²) in [5, 5.41) is 11.1. The van der Waals surface area contributed by atoms with E-state index in [1.54, 1.807) is 0 Å². The molecule has 1 aromatic carbocycles. The molecule has 0 radical (unpaired) electrons. The first-order valence-corrected chi connectivity index (χ1v) is 5.82. The summed E-state index contributed by atoms with van der Waals surface area (Å²) >= 11 is 5.52. The van der Waals surface area contributed by atoms with E-state index in [9.17, 15) is 14.0 Å². The van der Waals surface area contributed by atoms with Crippen LogP contribution in [-0.2, 0) is 0 Å². The number of carboxylic acids is 1. The lowest BCUT2D eigenvalue weighted by Crippen LogP contribution is -2.14. The van der Waals surface area contributed by atoms with Crippen LogP contribution < -0.4 is 5.32 Å². The van der Waals surface area contributed by atoms with Crippen LogP contribution in [0.25, 0.3) is 0 Å². The number of pyridine rings is 1. The minimum atomic E-state index is -1.21. The molecule has 1 amide bonds. The molecule has 2 N–H and O–H groups in total. The van der Waals surface area contributed by atoms with Crippen molar-refractivity contribution in [3.8, 4) is 0 Å². The lowest BCUT2D eigenvalue weighted by Gasteiger charge is -2.05. The number of halogens is 2. The number of nitrogens with one attached hydrogen (secondary N) is 1. The van der Waals surface area contributed by atoms with Gasteiger partial charge in [0, 0.05) is 5.56 Å². The molecule has 0 unspecified atom stereocenters. The average molecular weight is 295 g/mol. The smallest absolute Gasteiger partial charge is 0.354 e. The van der Waals surface area contributed by atoms with E-state index < -0.39 is 17.7 Å². The molecule has 0 saturated carbocycles. The van der Waals surface area contributed by atoms with E-state index in [1.807, 2.05) is 0 Å². The second-order valence-electron chi connectivity index (χ2n) is 3.80. The highest BCUT2D eigenvalue weighted by atomic mass is 35.5. The highest BCUT2D eigenvalue weighted by Gasteiger charge is 2.11. The van der Waals surface area contributed by atoms with Crippen LogP contribution in [0, 0.1) is 5.82 Å². The second kappa shape index (κ2) is 5.66. The van der Waals surface area contributed by atoms with E-state index in [0.717, 1.165) is 6.07 Å². The fourth-order valence-electron chi connectivity index (χ4n) is 1.45. The molecule has 0 aliphatic heterocycles. The van der Waals surface area contributed by atoms with Gasteiger partial charge in [0.1, 0.15) is 11.6 Å². The lowest BCUT2D eigenvalue weighted by molar-refractivity contribution is 0.0690. The first kappa shape index (κ1) is 14.0. The zero-order valence-corrected chi connectivity index (χ0v) is 10.7. The van der Waals surface area contributed by atoms with Crippen molar-refractivity contribution >= 4 is 29.3 Å². The standard InChI is InChI=1S/C13H8ClFN2O3/c14-8-5-4-7(6-9(8)15)12(18)17-11-3-1-2-10(16-11)13(19)20/h1-6H,(H,19,20)(H,16,17,18). The molecule has 1 aromatic heterocycles. The van der Waals surface area contributed by atoms with Crippen LogP contribution in [0.4, 0.5) is 10.2 Å². The van der Waals surface area contributed by atoms with Crippen molar-refractivity contribution in [2.24, 2.45) is 0 Å². The zero-order valence-electron chi connectivity index (χ0n) is 9.93. The Kier molecular flexibility index (Phi) is 3.95. The van der Waals surface area contributed by atoms with Crippen molar-refractivity contribution in [1.29, 1.82) is 0 Å². The third-order valence-corrected chi connectivity index (χ3v) is 2.70. The molecule has 1 heterocycles. The van der Waals surface area contributed by atoms with Gasteiger partial charge in [0.25, 0.3) is 5.91 Å². The number of hydrogen-bond acceptors (Lipinski definition) is 3. The van der Waals surface area contributed by atoms with E-state index in [-0.39, 0.29) is 22.1 Å². The molecule has 0 fully saturated rings. The van der Waals surface area contributed by atoms with E-state index in [4.69, 9.17) is 16.7 Å². The molecular weight excluding hydrogens is 287 g/mol. The molecule has 0 aliphatic carbocycles. The summed E-state index contributed by atoms with van der Waals surface area (Å²) in [5.41, 5.74) is -0.153. The van der Waals surface area contributed by atoms with Gasteiger partial charge in [-0.25, -0.2) is 14.2 Å². The molecule has 5 nitrogen and oxygen atoms in total. The third-order valence-electron chi connectivity index (χ3n) is 2.39. The molecule has 0 atom stereocenters. The van der Waals surface area contributed by atoms with Gasteiger partial charge in [-0.3, -0.25) is 4.79 Å². The summed E-state index contributed by atoms with van der Waals surface area (Å²) in [6.07, 6.45) is 0. The molecule has 102 valence electrons. The number of carbonyl (C=O) groups excluding carboxylic acids is 1. The predicted molar refractivity (Wildman–Crippen MR) is 70.6 cm³/mol. The number of carbonyl (C=O) groups is 2. The number of aromatic nitrogens is 1. The number of carboxylic acid groups (broad SMARTS) is 1. The van der Waals surface area contributed by atoms with Crippen molar-refractivity contribution in [3.63, 3.8) is 0 Å². The fraction of sp³-hybridized carbons (Fsp3) is 0. The van der Waals surface area contributed by atoms with Crippen molar-refractivity contribution in [3.05, 3.63) is 58.5 Å². The van der Waals surface area contributed by atoms with Crippen LogP contribution in [0.2, 0.25) is 5.02 Å². The van der Waals surface area contributed by atoms with Gasteiger partial charge in [-0.2, -0.15) is 0 Å². The maximum Gasteiger partial charge on any atom is 0.354 e. The number of anilines is 1. The van der Waals surface area contributed by atoms with Crippen molar-refractivity contribution in [2.45, 2.75) is 0 Å². The summed E-state index contributed by atoms with van der Waals surface area (Å²) in [6.45, 7) is 0. The maximum absolute atomic E-state index is 13.2. The minimum Gasteiger partial charge on any atom is -0.477 e. The Labute approximate surface area is 118 Å². The molecule has 7 heteroatoms. The van der Waals surface area contributed by atoms with Crippen molar-refractivity contribution < 1.29 is 19.1 Å². The monoisotopic (exact) mass is 294 g/mol. The van der Waals surface area contributed by atoms with Crippen LogP contribution >= 0.6 is 11.6 Å². The third kappa shape index (κ3) is 3.10. The van der Waals surface area contributed by atoms with Gasteiger partial charge in [-0.1, -0.05) is 17.7 Å². The molecule has 0 spiro atoms. The summed E-state index contributed by atoms with van der Waals surface area (Å²) in [6, 6.07) is 7.75. The summed E-state index contributed by atoms with van der Waals surface area (Å²) in [5.74, 6) is -2.48. The molecule has 2 rings (SSSR count). The Morgan fingerprint density at radius 1 is 1.25 bits per heavy atom. The van der Waals surface area contributed by atoms with Gasteiger partial charge in [0.2, 0.25) is 0 Å². The molecule has 2 aromatic rings. The summed E-state index contributed by atoms with van der Waals surface area (Å²) in [7, 11) is 0. The number of hydrogen-bond donors (Lipinski definition) is 2. The van der Waals surface area contributed by atoms with Gasteiger partial charge in [-0.15, -0.1) is 0 Å². The van der Waals surface area contributed by atoms with Gasteiger partial charge in [0.05, 0.1) is 5.02 Å². The number of benzene rings is 1. The van der Waals surface area contributed by atoms with Crippen molar-refractivity contribution in [2.75, 3.05) is 5.32 Å². The molecule has 0 saturated heterocycles. The quantitative estimate of drug-likeness (QED) is 0.912. The highest BCUT2D eigenvalue weighted by molar-refractivity contribution is 6.30. The zero-order chi connectivity index (χ0) is 14.7. The maximum atomic E-state index is 13.2. The highest BCUT2D eigenvalue weighted by Crippen LogP contribution is 2.16. The number of nitrogens with zero attached hydrogens (tertiary/aromatic N) is 1. The van der Waals surface area contributed by atoms with E-state index in [0.29, 0.717) is 0 Å². The molecule has 0 bridgehead atoms. The van der Waals surface area contributed by atoms with E-state index in [2.05, 4.69) is 10.3 Å². The van der Waals surface area contributed by atoms with Crippen LogP contribution in [0.1, 0.15) is 20.8 Å². The average Bonchev–Trinajstić information content (AvgIpc) is 2.42. The van der Waals surface area contributed by atoms with Crippen LogP contribution in [0.5, 0.6) is 0 Å². The fourth-order valence-corrected chi connectivity index (χ4v) is 1.57. The first-order chi connectivity index (χ1) is 9.47. The first-order valence-electron chi connectivity index (χ1n) is 5.44. The SMILES string of the molecule is O=C(Nc1cccc(C(=O)O)n1)c1ccc(Cl)c(F)c1. The number of amides is 1. The molecular formula is C13H8ClFN2O3. The minimum absolute atomic E-state index is 0.0504. The molecule has 0 aliphatic rings. The Hall–Kier alpha value is -2.47. The Morgan fingerprint density at radius 2 is 2.00 bits per heavy atom. The largest absolute Gasteiger partial charge is 0.477 e. The Bertz CT molecular complexity index is 691. The van der Waals surface area contributed by atoms with E-state index >= 15 is 0 Å². The topological polar surface area (TPSA) is 79.3 Å². The second-order valence-corrected chi connectivity index (χ2v) is 4.20. The van der Waals surface area contributed by atoms with Gasteiger partial charge < -0.3 is 10.4 Å². The predicted octanol–water partition coefficient (Wildman–Crippen LogP) is 2.82. The lowest BCUT2D eigenvalue weighted by atomic mass is 10.2. The van der Waals surface area contributed by atoms with E-state index in [1.165, 1.54) is 30.3 Å². The van der Waals surface area contributed by atoms with Gasteiger partial charge in [-0.05, 0) is 30.3 Å². The van der Waals surface area contributed by atoms with Gasteiger partial charge >= 0.3 is 5.97 Å². The van der Waals surface area contributed by atoms with Crippen molar-refractivity contribution in [1.82, 2.24) is 4.98 Å². The van der Waals surface area contributed by atoms with Crippen LogP contribution in [-0.4, -0.2) is 22.0 Å². The Balaban J connectivity index is 2.21. The summed E-state index contributed by atoms with van der Waals surface area (Å²) < 4.78 is 13.2. The summed E-state index contributed by atoms with van der Waals surface area (Å²) in [4.78, 5) is 26.3. The number of rotatable bonds is 3. The number of aromatic carboxylic acids is 1. The van der Waals surface area contributed by atoms with Crippen LogP contribution in [0.15, 0.2) is 36.4 Å². The molecule has 20 heavy (non-hydrogen) atoms. The van der Waals surface area contributed by atoms with Gasteiger partial charge in [0.15, 0.2) is 5.69 Å². The Morgan fingerprint density at radius 3 is 2.65 bits per heavy atom.